The van der Waals surface area contributed by atoms with Crippen molar-refractivity contribution in [1.82, 2.24) is 4.98 Å². The molecule has 1 amide bonds. The molecule has 1 N–H and O–H groups in total. The van der Waals surface area contributed by atoms with E-state index in [-0.39, 0.29) is 0 Å². The molecular formula is C15H16BrClN2O3S. The SMILES string of the molecule is COc1ccc(Cl)cc1-c1nc(Br)sc1NC(=O)OC(C)(C)C. The first-order chi connectivity index (χ1) is 10.7. The lowest BCUT2D eigenvalue weighted by Gasteiger charge is -2.19. The number of nitrogens with zero attached hydrogens (tertiary/aromatic N) is 1. The average molecular weight is 420 g/mol. The van der Waals surface area contributed by atoms with E-state index in [4.69, 9.17) is 21.1 Å². The van der Waals surface area contributed by atoms with Gasteiger partial charge in [0.2, 0.25) is 0 Å². The van der Waals surface area contributed by atoms with Gasteiger partial charge in [0.25, 0.3) is 0 Å². The van der Waals surface area contributed by atoms with Gasteiger partial charge in [-0.15, -0.1) is 0 Å². The highest BCUT2D eigenvalue weighted by Gasteiger charge is 2.21. The fourth-order valence-electron chi connectivity index (χ4n) is 1.82. The van der Waals surface area contributed by atoms with Crippen molar-refractivity contribution in [2.75, 3.05) is 12.4 Å². The van der Waals surface area contributed by atoms with Gasteiger partial charge in [0, 0.05) is 10.6 Å². The number of carbonyl (C=O) groups is 1. The lowest BCUT2D eigenvalue weighted by Crippen LogP contribution is -2.27. The predicted octanol–water partition coefficient (Wildman–Crippen LogP) is 5.58. The van der Waals surface area contributed by atoms with Crippen LogP contribution >= 0.6 is 38.9 Å². The highest BCUT2D eigenvalue weighted by Crippen LogP contribution is 2.41. The second kappa shape index (κ2) is 7.07. The largest absolute Gasteiger partial charge is 0.496 e. The predicted molar refractivity (Wildman–Crippen MR) is 96.7 cm³/mol. The van der Waals surface area contributed by atoms with Gasteiger partial charge in [-0.3, -0.25) is 5.32 Å². The minimum absolute atomic E-state index is 0.545. The van der Waals surface area contributed by atoms with Crippen LogP contribution in [0.25, 0.3) is 11.3 Å². The Morgan fingerprint density at radius 3 is 2.70 bits per heavy atom. The van der Waals surface area contributed by atoms with Crippen LogP contribution in [0.15, 0.2) is 22.1 Å². The van der Waals surface area contributed by atoms with Crippen LogP contribution in [0.4, 0.5) is 9.80 Å². The van der Waals surface area contributed by atoms with Gasteiger partial charge in [-0.05, 0) is 54.9 Å². The third-order valence-electron chi connectivity index (χ3n) is 2.63. The summed E-state index contributed by atoms with van der Waals surface area (Å²) < 4.78 is 11.3. The molecule has 0 atom stereocenters. The topological polar surface area (TPSA) is 60.5 Å². The van der Waals surface area contributed by atoms with Crippen LogP contribution < -0.4 is 10.1 Å². The Bertz CT molecular complexity index is 728. The summed E-state index contributed by atoms with van der Waals surface area (Å²) in [7, 11) is 1.56. The third kappa shape index (κ3) is 4.83. The van der Waals surface area contributed by atoms with E-state index in [1.165, 1.54) is 11.3 Å². The fraction of sp³-hybridized carbons (Fsp3) is 0.333. The number of ether oxygens (including phenoxy) is 2. The summed E-state index contributed by atoms with van der Waals surface area (Å²) in [6.45, 7) is 5.40. The van der Waals surface area contributed by atoms with E-state index >= 15 is 0 Å². The minimum Gasteiger partial charge on any atom is -0.496 e. The van der Waals surface area contributed by atoms with Gasteiger partial charge in [-0.2, -0.15) is 0 Å². The van der Waals surface area contributed by atoms with E-state index in [1.807, 2.05) is 0 Å². The van der Waals surface area contributed by atoms with Crippen molar-refractivity contribution in [3.05, 3.63) is 27.1 Å². The molecule has 0 fully saturated rings. The number of anilines is 1. The Morgan fingerprint density at radius 1 is 1.39 bits per heavy atom. The summed E-state index contributed by atoms with van der Waals surface area (Å²) >= 11 is 10.7. The first-order valence-corrected chi connectivity index (χ1v) is 8.68. The average Bonchev–Trinajstić information content (AvgIpc) is 2.77. The van der Waals surface area contributed by atoms with Crippen molar-refractivity contribution in [3.63, 3.8) is 0 Å². The maximum absolute atomic E-state index is 12.0. The second-order valence-electron chi connectivity index (χ2n) is 5.62. The quantitative estimate of drug-likeness (QED) is 0.705. The molecule has 0 saturated carbocycles. The summed E-state index contributed by atoms with van der Waals surface area (Å²) in [6, 6.07) is 5.22. The molecule has 8 heteroatoms. The summed E-state index contributed by atoms with van der Waals surface area (Å²) in [5.41, 5.74) is 0.667. The maximum atomic E-state index is 12.0. The summed E-state index contributed by atoms with van der Waals surface area (Å²) in [4.78, 5) is 16.4. The lowest BCUT2D eigenvalue weighted by molar-refractivity contribution is 0.0636. The van der Waals surface area contributed by atoms with Crippen molar-refractivity contribution in [2.45, 2.75) is 26.4 Å². The van der Waals surface area contributed by atoms with Crippen molar-refractivity contribution in [3.8, 4) is 17.0 Å². The molecule has 0 aliphatic carbocycles. The lowest BCUT2D eigenvalue weighted by atomic mass is 10.1. The monoisotopic (exact) mass is 418 g/mol. The van der Waals surface area contributed by atoms with Gasteiger partial charge in [0.1, 0.15) is 22.0 Å². The number of thiazole rings is 1. The molecule has 1 heterocycles. The number of hydrogen-bond acceptors (Lipinski definition) is 5. The molecular weight excluding hydrogens is 404 g/mol. The normalized spacial score (nSPS) is 11.2. The smallest absolute Gasteiger partial charge is 0.412 e. The van der Waals surface area contributed by atoms with Crippen molar-refractivity contribution in [1.29, 1.82) is 0 Å². The fourth-order valence-corrected chi connectivity index (χ4v) is 3.35. The van der Waals surface area contributed by atoms with E-state index in [0.29, 0.717) is 30.9 Å². The highest BCUT2D eigenvalue weighted by atomic mass is 79.9. The number of halogens is 2. The zero-order valence-corrected chi connectivity index (χ0v) is 16.2. The molecule has 0 aliphatic heterocycles. The molecule has 0 bridgehead atoms. The number of rotatable bonds is 3. The molecule has 0 radical (unpaired) electrons. The summed E-state index contributed by atoms with van der Waals surface area (Å²) in [5.74, 6) is 0.611. The third-order valence-corrected chi connectivity index (χ3v) is 4.29. The number of hydrogen-bond donors (Lipinski definition) is 1. The Morgan fingerprint density at radius 2 is 2.09 bits per heavy atom. The van der Waals surface area contributed by atoms with Gasteiger partial charge in [-0.25, -0.2) is 9.78 Å². The number of carbonyl (C=O) groups excluding carboxylic acids is 1. The number of nitrogens with one attached hydrogen (secondary N) is 1. The summed E-state index contributed by atoms with van der Waals surface area (Å²) in [6.07, 6.45) is -0.545. The van der Waals surface area contributed by atoms with E-state index in [9.17, 15) is 4.79 Å². The molecule has 2 aromatic rings. The molecule has 0 aliphatic rings. The van der Waals surface area contributed by atoms with Crippen LogP contribution in [-0.4, -0.2) is 23.8 Å². The molecule has 0 saturated heterocycles. The number of benzene rings is 1. The standard InChI is InChI=1S/C15H16BrClN2O3S/c1-15(2,3)22-14(20)19-12-11(18-13(16)23-12)9-7-8(17)5-6-10(9)21-4/h5-7H,1-4H3,(H,19,20). The van der Waals surface area contributed by atoms with Crippen LogP contribution in [0.5, 0.6) is 5.75 Å². The maximum Gasteiger partial charge on any atom is 0.412 e. The first-order valence-electron chi connectivity index (χ1n) is 6.70. The Labute approximate surface area is 152 Å². The van der Waals surface area contributed by atoms with Gasteiger partial charge in [-0.1, -0.05) is 22.9 Å². The Hall–Kier alpha value is -1.31. The Balaban J connectivity index is 2.38. The van der Waals surface area contributed by atoms with Crippen LogP contribution in [0.2, 0.25) is 5.02 Å². The number of methoxy groups -OCH3 is 1. The zero-order chi connectivity index (χ0) is 17.2. The van der Waals surface area contributed by atoms with Gasteiger partial charge < -0.3 is 9.47 Å². The van der Waals surface area contributed by atoms with Crippen LogP contribution in [-0.2, 0) is 4.74 Å². The number of amides is 1. The van der Waals surface area contributed by atoms with E-state index in [2.05, 4.69) is 26.2 Å². The molecule has 2 rings (SSSR count). The minimum atomic E-state index is -0.583. The molecule has 124 valence electrons. The van der Waals surface area contributed by atoms with Gasteiger partial charge >= 0.3 is 6.09 Å². The van der Waals surface area contributed by atoms with E-state index < -0.39 is 11.7 Å². The van der Waals surface area contributed by atoms with Crippen LogP contribution in [0.1, 0.15) is 20.8 Å². The van der Waals surface area contributed by atoms with Crippen LogP contribution in [0.3, 0.4) is 0 Å². The van der Waals surface area contributed by atoms with Gasteiger partial charge in [0.05, 0.1) is 7.11 Å². The van der Waals surface area contributed by atoms with E-state index in [1.54, 1.807) is 46.1 Å². The van der Waals surface area contributed by atoms with Crippen LogP contribution in [0, 0.1) is 0 Å². The zero-order valence-electron chi connectivity index (χ0n) is 13.1. The Kier molecular flexibility index (Phi) is 5.54. The molecule has 5 nitrogen and oxygen atoms in total. The highest BCUT2D eigenvalue weighted by molar-refractivity contribution is 9.11. The first kappa shape index (κ1) is 18.0. The molecule has 1 aromatic carbocycles. The van der Waals surface area contributed by atoms with Crippen molar-refractivity contribution >= 4 is 50.0 Å². The summed E-state index contributed by atoms with van der Waals surface area (Å²) in [5, 5.41) is 3.82. The van der Waals surface area contributed by atoms with E-state index in [0.717, 1.165) is 0 Å². The molecule has 0 unspecified atom stereocenters. The van der Waals surface area contributed by atoms with Crippen molar-refractivity contribution in [2.24, 2.45) is 0 Å². The number of aromatic nitrogens is 1. The molecule has 0 spiro atoms. The van der Waals surface area contributed by atoms with Gasteiger partial charge in [0.15, 0.2) is 3.92 Å². The molecule has 1 aromatic heterocycles. The molecule has 23 heavy (non-hydrogen) atoms. The van der Waals surface area contributed by atoms with Crippen molar-refractivity contribution < 1.29 is 14.3 Å². The second-order valence-corrected chi connectivity index (χ2v) is 8.33.